The van der Waals surface area contributed by atoms with Gasteiger partial charge >= 0.3 is 6.36 Å². The van der Waals surface area contributed by atoms with Gasteiger partial charge in [-0.05, 0) is 30.9 Å². The van der Waals surface area contributed by atoms with Gasteiger partial charge in [0, 0.05) is 25.0 Å². The molecule has 0 radical (unpaired) electrons. The van der Waals surface area contributed by atoms with Gasteiger partial charge in [0.05, 0.1) is 0 Å². The molecule has 1 aliphatic rings. The summed E-state index contributed by atoms with van der Waals surface area (Å²) in [6, 6.07) is 5.78. The summed E-state index contributed by atoms with van der Waals surface area (Å²) in [5.41, 5.74) is 0.342. The lowest BCUT2D eigenvalue weighted by molar-refractivity contribution is -0.274. The van der Waals surface area contributed by atoms with Gasteiger partial charge in [-0.3, -0.25) is 4.79 Å². The summed E-state index contributed by atoms with van der Waals surface area (Å²) < 4.78 is 41.3. The van der Waals surface area contributed by atoms with Gasteiger partial charge in [-0.15, -0.1) is 13.2 Å². The summed E-state index contributed by atoms with van der Waals surface area (Å²) in [7, 11) is 0. The standard InChI is InChI=1S/C18H24F3NO3/c19-18(20,21)25-16-9-5-4-6-13(16)10-11-17(24)22-15-8-3-1-2-7-14(15)12-23/h4-6,9,14-15,23H,1-3,7-8,10-12H2,(H,22,24)/t14-,15-/m1/s1. The molecule has 0 aromatic heterocycles. The number of ether oxygens (including phenoxy) is 1. The topological polar surface area (TPSA) is 58.6 Å². The number of carbonyl (C=O) groups is 1. The highest BCUT2D eigenvalue weighted by molar-refractivity contribution is 5.76. The fraction of sp³-hybridized carbons (Fsp3) is 0.611. The van der Waals surface area contributed by atoms with Crippen LogP contribution in [0.1, 0.15) is 44.1 Å². The highest BCUT2D eigenvalue weighted by Gasteiger charge is 2.32. The monoisotopic (exact) mass is 359 g/mol. The number of rotatable bonds is 6. The van der Waals surface area contributed by atoms with Crippen LogP contribution >= 0.6 is 0 Å². The van der Waals surface area contributed by atoms with Crippen LogP contribution in [0.25, 0.3) is 0 Å². The number of hydrogen-bond donors (Lipinski definition) is 2. The first-order valence-electron chi connectivity index (χ1n) is 8.63. The van der Waals surface area contributed by atoms with E-state index < -0.39 is 6.36 Å². The second-order valence-corrected chi connectivity index (χ2v) is 6.41. The SMILES string of the molecule is O=C(CCc1ccccc1OC(F)(F)F)N[C@@H]1CCCCC[C@@H]1CO. The maximum Gasteiger partial charge on any atom is 0.573 e. The van der Waals surface area contributed by atoms with Crippen molar-refractivity contribution in [1.82, 2.24) is 5.32 Å². The van der Waals surface area contributed by atoms with Crippen LogP contribution in [0.15, 0.2) is 24.3 Å². The van der Waals surface area contributed by atoms with Crippen LogP contribution in [-0.2, 0) is 11.2 Å². The highest BCUT2D eigenvalue weighted by atomic mass is 19.4. The molecule has 0 unspecified atom stereocenters. The molecule has 4 nitrogen and oxygen atoms in total. The second kappa shape index (κ2) is 9.08. The zero-order valence-corrected chi connectivity index (χ0v) is 14.0. The maximum absolute atomic E-state index is 12.4. The van der Waals surface area contributed by atoms with Crippen molar-refractivity contribution in [3.63, 3.8) is 0 Å². The number of aliphatic hydroxyl groups excluding tert-OH is 1. The van der Waals surface area contributed by atoms with E-state index >= 15 is 0 Å². The molecule has 1 aromatic rings. The number of hydrogen-bond acceptors (Lipinski definition) is 3. The number of carbonyl (C=O) groups excluding carboxylic acids is 1. The van der Waals surface area contributed by atoms with Crippen LogP contribution in [0, 0.1) is 5.92 Å². The predicted octanol–water partition coefficient (Wildman–Crippen LogP) is 3.58. The second-order valence-electron chi connectivity index (χ2n) is 6.41. The normalized spacial score (nSPS) is 21.4. The Morgan fingerprint density at radius 3 is 2.64 bits per heavy atom. The van der Waals surface area contributed by atoms with Crippen LogP contribution in [0.4, 0.5) is 13.2 Å². The Hall–Kier alpha value is -1.76. The third kappa shape index (κ3) is 6.57. The molecule has 0 bridgehead atoms. The van der Waals surface area contributed by atoms with E-state index in [2.05, 4.69) is 10.1 Å². The van der Waals surface area contributed by atoms with Crippen molar-refractivity contribution >= 4 is 5.91 Å². The van der Waals surface area contributed by atoms with Crippen LogP contribution in [0.2, 0.25) is 0 Å². The summed E-state index contributed by atoms with van der Waals surface area (Å²) in [5, 5.41) is 12.4. The van der Waals surface area contributed by atoms with Crippen LogP contribution < -0.4 is 10.1 Å². The molecule has 1 saturated carbocycles. The van der Waals surface area contributed by atoms with Crippen molar-refractivity contribution in [3.8, 4) is 5.75 Å². The minimum Gasteiger partial charge on any atom is -0.406 e. The molecule has 25 heavy (non-hydrogen) atoms. The number of aryl methyl sites for hydroxylation is 1. The van der Waals surface area contributed by atoms with Gasteiger partial charge in [-0.1, -0.05) is 37.5 Å². The predicted molar refractivity (Wildman–Crippen MR) is 87.0 cm³/mol. The van der Waals surface area contributed by atoms with Crippen molar-refractivity contribution in [1.29, 1.82) is 0 Å². The summed E-state index contributed by atoms with van der Waals surface area (Å²) in [5.74, 6) is -0.440. The Morgan fingerprint density at radius 1 is 1.20 bits per heavy atom. The Balaban J connectivity index is 1.91. The molecule has 1 fully saturated rings. The first-order chi connectivity index (χ1) is 11.9. The van der Waals surface area contributed by atoms with Crippen molar-refractivity contribution < 1.29 is 27.8 Å². The fourth-order valence-corrected chi connectivity index (χ4v) is 3.25. The Bertz CT molecular complexity index is 563. The van der Waals surface area contributed by atoms with Gasteiger partial charge in [-0.25, -0.2) is 0 Å². The smallest absolute Gasteiger partial charge is 0.406 e. The molecule has 2 N–H and O–H groups in total. The first-order valence-corrected chi connectivity index (χ1v) is 8.63. The van der Waals surface area contributed by atoms with Crippen LogP contribution in [-0.4, -0.2) is 30.0 Å². The van der Waals surface area contributed by atoms with Gasteiger partial charge in [0.2, 0.25) is 5.91 Å². The van der Waals surface area contributed by atoms with E-state index in [-0.39, 0.29) is 43.1 Å². The lowest BCUT2D eigenvalue weighted by Crippen LogP contribution is -2.41. The van der Waals surface area contributed by atoms with E-state index in [1.54, 1.807) is 6.07 Å². The van der Waals surface area contributed by atoms with Gasteiger partial charge in [-0.2, -0.15) is 0 Å². The van der Waals surface area contributed by atoms with Gasteiger partial charge in [0.15, 0.2) is 0 Å². The molecule has 140 valence electrons. The summed E-state index contributed by atoms with van der Waals surface area (Å²) in [6.45, 7) is 0.0349. The zero-order valence-electron chi connectivity index (χ0n) is 14.0. The quantitative estimate of drug-likeness (QED) is 0.764. The molecule has 1 aromatic carbocycles. The Labute approximate surface area is 145 Å². The molecule has 0 spiro atoms. The third-order valence-corrected chi connectivity index (χ3v) is 4.56. The lowest BCUT2D eigenvalue weighted by atomic mass is 9.95. The molecule has 7 heteroatoms. The number of halogens is 3. The largest absolute Gasteiger partial charge is 0.573 e. The molecule has 1 amide bonds. The molecular weight excluding hydrogens is 335 g/mol. The van der Waals surface area contributed by atoms with E-state index in [1.807, 2.05) is 0 Å². The zero-order chi connectivity index (χ0) is 18.3. The first kappa shape index (κ1) is 19.6. The molecule has 0 saturated heterocycles. The maximum atomic E-state index is 12.4. The number of alkyl halides is 3. The minimum atomic E-state index is -4.76. The average molecular weight is 359 g/mol. The molecule has 2 rings (SSSR count). The number of para-hydroxylation sites is 1. The highest BCUT2D eigenvalue weighted by Crippen LogP contribution is 2.27. The van der Waals surface area contributed by atoms with Crippen molar-refractivity contribution in [3.05, 3.63) is 29.8 Å². The van der Waals surface area contributed by atoms with Gasteiger partial charge in [0.25, 0.3) is 0 Å². The van der Waals surface area contributed by atoms with Gasteiger partial charge < -0.3 is 15.2 Å². The molecule has 2 atom stereocenters. The number of amides is 1. The van der Waals surface area contributed by atoms with E-state index in [0.29, 0.717) is 5.56 Å². The van der Waals surface area contributed by atoms with Gasteiger partial charge in [0.1, 0.15) is 5.75 Å². The van der Waals surface area contributed by atoms with E-state index in [1.165, 1.54) is 18.2 Å². The Kier molecular flexibility index (Phi) is 7.11. The van der Waals surface area contributed by atoms with E-state index in [9.17, 15) is 23.1 Å². The van der Waals surface area contributed by atoms with E-state index in [4.69, 9.17) is 0 Å². The molecule has 1 aliphatic carbocycles. The van der Waals surface area contributed by atoms with Crippen LogP contribution in [0.5, 0.6) is 5.75 Å². The molecule has 0 aliphatic heterocycles. The van der Waals surface area contributed by atoms with Crippen molar-refractivity contribution in [2.45, 2.75) is 57.3 Å². The third-order valence-electron chi connectivity index (χ3n) is 4.56. The lowest BCUT2D eigenvalue weighted by Gasteiger charge is -2.24. The number of nitrogens with one attached hydrogen (secondary N) is 1. The fourth-order valence-electron chi connectivity index (χ4n) is 3.25. The summed E-state index contributed by atoms with van der Waals surface area (Å²) in [6.07, 6.45) is 0.317. The Morgan fingerprint density at radius 2 is 1.92 bits per heavy atom. The number of benzene rings is 1. The molecule has 0 heterocycles. The van der Waals surface area contributed by atoms with Crippen LogP contribution in [0.3, 0.4) is 0 Å². The number of aliphatic hydroxyl groups is 1. The summed E-state index contributed by atoms with van der Waals surface area (Å²) >= 11 is 0. The van der Waals surface area contributed by atoms with E-state index in [0.717, 1.165) is 32.1 Å². The minimum absolute atomic E-state index is 0.0349. The summed E-state index contributed by atoms with van der Waals surface area (Å²) in [4.78, 5) is 12.2. The average Bonchev–Trinajstić information content (AvgIpc) is 2.77. The van der Waals surface area contributed by atoms with Crippen molar-refractivity contribution in [2.75, 3.05) is 6.61 Å². The molecular formula is C18H24F3NO3. The van der Waals surface area contributed by atoms with Crippen molar-refractivity contribution in [2.24, 2.45) is 5.92 Å².